The third kappa shape index (κ3) is 5.37. The van der Waals surface area contributed by atoms with Gasteiger partial charge in [-0.1, -0.05) is 0 Å². The predicted octanol–water partition coefficient (Wildman–Crippen LogP) is -2.00. The van der Waals surface area contributed by atoms with Crippen molar-refractivity contribution in [2.75, 3.05) is 6.61 Å². The van der Waals surface area contributed by atoms with E-state index in [4.69, 9.17) is 0 Å². The molecule has 0 atom stereocenters. The number of carbonyl (C=O) groups is 1. The van der Waals surface area contributed by atoms with Gasteiger partial charge in [-0.2, -0.15) is 0 Å². The standard InChI is InChI=1S/C11H10FNO5.K/c1-2-18-11(15)10(14)5-7-3-4-8(12)6-9(7)13(16)17;/h3-6,14H,2H2,1H3;/q;+1/p-1/b10-5+;. The fourth-order valence-electron chi connectivity index (χ4n) is 1.20. The summed E-state index contributed by atoms with van der Waals surface area (Å²) in [7, 11) is 0. The van der Waals surface area contributed by atoms with E-state index in [0.717, 1.165) is 18.2 Å². The Morgan fingerprint density at radius 3 is 2.68 bits per heavy atom. The van der Waals surface area contributed by atoms with Crippen molar-refractivity contribution in [1.82, 2.24) is 0 Å². The van der Waals surface area contributed by atoms with Gasteiger partial charge in [-0.05, 0) is 30.9 Å². The maximum atomic E-state index is 12.8. The minimum Gasteiger partial charge on any atom is -0.868 e. The summed E-state index contributed by atoms with van der Waals surface area (Å²) in [5.41, 5.74) is -0.743. The number of esters is 1. The normalized spacial score (nSPS) is 10.5. The maximum absolute atomic E-state index is 12.8. The molecule has 0 spiro atoms. The zero-order chi connectivity index (χ0) is 13.7. The molecule has 1 rings (SSSR count). The van der Waals surface area contributed by atoms with E-state index < -0.39 is 28.2 Å². The Morgan fingerprint density at radius 1 is 1.53 bits per heavy atom. The molecular weight excluding hydrogens is 284 g/mol. The number of halogens is 1. The van der Waals surface area contributed by atoms with Crippen LogP contribution in [0.5, 0.6) is 0 Å². The maximum Gasteiger partial charge on any atom is 1.00 e. The predicted molar refractivity (Wildman–Crippen MR) is 57.7 cm³/mol. The summed E-state index contributed by atoms with van der Waals surface area (Å²) in [6, 6.07) is 2.67. The molecule has 0 amide bonds. The molecule has 0 aromatic heterocycles. The van der Waals surface area contributed by atoms with Crippen molar-refractivity contribution < 1.29 is 75.3 Å². The summed E-state index contributed by atoms with van der Waals surface area (Å²) in [5, 5.41) is 22.0. The Labute approximate surface area is 150 Å². The first-order valence-corrected chi connectivity index (χ1v) is 4.95. The largest absolute Gasteiger partial charge is 1.00 e. The third-order valence-electron chi connectivity index (χ3n) is 1.95. The van der Waals surface area contributed by atoms with E-state index in [-0.39, 0.29) is 63.6 Å². The monoisotopic (exact) mass is 293 g/mol. The fraction of sp³-hybridized carbons (Fsp3) is 0.182. The summed E-state index contributed by atoms with van der Waals surface area (Å²) in [4.78, 5) is 20.9. The van der Waals surface area contributed by atoms with Crippen molar-refractivity contribution in [1.29, 1.82) is 0 Å². The molecule has 0 fully saturated rings. The average molecular weight is 293 g/mol. The number of nitro benzene ring substituents is 1. The number of nitro groups is 1. The van der Waals surface area contributed by atoms with Crippen LogP contribution in [-0.4, -0.2) is 17.5 Å². The van der Waals surface area contributed by atoms with Gasteiger partial charge in [0.05, 0.1) is 23.2 Å². The van der Waals surface area contributed by atoms with Crippen molar-refractivity contribution in [2.45, 2.75) is 6.92 Å². The first-order valence-electron chi connectivity index (χ1n) is 4.95. The zero-order valence-corrected chi connectivity index (χ0v) is 13.5. The molecule has 0 saturated heterocycles. The van der Waals surface area contributed by atoms with Gasteiger partial charge < -0.3 is 9.84 Å². The molecule has 6 nitrogen and oxygen atoms in total. The number of hydrogen-bond donors (Lipinski definition) is 0. The van der Waals surface area contributed by atoms with Crippen molar-refractivity contribution in [3.05, 3.63) is 45.5 Å². The molecule has 8 heteroatoms. The van der Waals surface area contributed by atoms with Crippen LogP contribution in [-0.2, 0) is 9.53 Å². The van der Waals surface area contributed by atoms with Crippen LogP contribution in [0.3, 0.4) is 0 Å². The second-order valence-electron chi connectivity index (χ2n) is 3.19. The van der Waals surface area contributed by atoms with Gasteiger partial charge in [-0.3, -0.25) is 10.1 Å². The summed E-state index contributed by atoms with van der Waals surface area (Å²) >= 11 is 0. The molecule has 0 saturated carbocycles. The summed E-state index contributed by atoms with van der Waals surface area (Å²) < 4.78 is 17.3. The topological polar surface area (TPSA) is 92.5 Å². The minimum absolute atomic E-state index is 0. The molecule has 0 N–H and O–H groups in total. The van der Waals surface area contributed by atoms with E-state index >= 15 is 0 Å². The molecule has 19 heavy (non-hydrogen) atoms. The van der Waals surface area contributed by atoms with Crippen LogP contribution in [0, 0.1) is 15.9 Å². The quantitative estimate of drug-likeness (QED) is 0.160. The molecule has 0 aliphatic carbocycles. The van der Waals surface area contributed by atoms with Gasteiger partial charge in [0.1, 0.15) is 5.82 Å². The molecule has 0 heterocycles. The van der Waals surface area contributed by atoms with Crippen LogP contribution in [0.25, 0.3) is 6.08 Å². The molecule has 0 aliphatic heterocycles. The smallest absolute Gasteiger partial charge is 0.868 e. The molecule has 1 aromatic rings. The number of carbonyl (C=O) groups excluding carboxylic acids is 1. The molecule has 1 aromatic carbocycles. The van der Waals surface area contributed by atoms with Crippen LogP contribution in [0.1, 0.15) is 12.5 Å². The summed E-state index contributed by atoms with van der Waals surface area (Å²) in [6.07, 6.45) is 0.746. The first kappa shape index (κ1) is 18.2. The van der Waals surface area contributed by atoms with Crippen LogP contribution < -0.4 is 56.5 Å². The molecular formula is C11H9FKNO5. The van der Waals surface area contributed by atoms with Gasteiger partial charge in [0.2, 0.25) is 0 Å². The summed E-state index contributed by atoms with van der Waals surface area (Å²) in [6.45, 7) is 1.54. The van der Waals surface area contributed by atoms with Crippen LogP contribution in [0.4, 0.5) is 10.1 Å². The van der Waals surface area contributed by atoms with Gasteiger partial charge in [-0.25, -0.2) is 9.18 Å². The molecule has 0 aliphatic rings. The van der Waals surface area contributed by atoms with Crippen LogP contribution in [0.15, 0.2) is 24.0 Å². The number of nitrogens with zero attached hydrogens (tertiary/aromatic N) is 1. The molecule has 0 unspecified atom stereocenters. The second kappa shape index (κ2) is 8.38. The Hall–Kier alpha value is -0.804. The van der Waals surface area contributed by atoms with Crippen LogP contribution in [0.2, 0.25) is 0 Å². The Kier molecular flexibility index (Phi) is 8.03. The van der Waals surface area contributed by atoms with Crippen molar-refractivity contribution >= 4 is 17.7 Å². The van der Waals surface area contributed by atoms with Crippen molar-refractivity contribution in [2.24, 2.45) is 0 Å². The molecule has 0 radical (unpaired) electrons. The number of benzene rings is 1. The van der Waals surface area contributed by atoms with Crippen molar-refractivity contribution in [3.63, 3.8) is 0 Å². The van der Waals surface area contributed by atoms with E-state index in [9.17, 15) is 24.4 Å². The SMILES string of the molecule is CCOC(=O)/C([O-])=C\c1ccc(F)cc1[N+](=O)[O-].[K+]. The molecule has 96 valence electrons. The average Bonchev–Trinajstić information content (AvgIpc) is 2.31. The van der Waals surface area contributed by atoms with E-state index in [2.05, 4.69) is 4.74 Å². The van der Waals surface area contributed by atoms with Gasteiger partial charge in [0, 0.05) is 0 Å². The van der Waals surface area contributed by atoms with E-state index in [0.29, 0.717) is 6.07 Å². The van der Waals surface area contributed by atoms with E-state index in [1.807, 2.05) is 0 Å². The number of hydrogen-bond acceptors (Lipinski definition) is 5. The third-order valence-corrected chi connectivity index (χ3v) is 1.95. The van der Waals surface area contributed by atoms with Gasteiger partial charge in [0.25, 0.3) is 5.69 Å². The Balaban J connectivity index is 0.00000324. The van der Waals surface area contributed by atoms with Gasteiger partial charge in [-0.15, -0.1) is 0 Å². The summed E-state index contributed by atoms with van der Waals surface area (Å²) in [5.74, 6) is -2.95. The van der Waals surface area contributed by atoms with Crippen LogP contribution >= 0.6 is 0 Å². The van der Waals surface area contributed by atoms with Crippen molar-refractivity contribution in [3.8, 4) is 0 Å². The minimum atomic E-state index is -1.11. The van der Waals surface area contributed by atoms with Gasteiger partial charge in [0.15, 0.2) is 0 Å². The van der Waals surface area contributed by atoms with E-state index in [1.54, 1.807) is 0 Å². The Bertz CT molecular complexity index is 518. The van der Waals surface area contributed by atoms with E-state index in [1.165, 1.54) is 6.92 Å². The van der Waals surface area contributed by atoms with Gasteiger partial charge >= 0.3 is 57.4 Å². The fourth-order valence-corrected chi connectivity index (χ4v) is 1.20. The first-order chi connectivity index (χ1) is 8.45. The number of rotatable bonds is 4. The number of ether oxygens (including phenoxy) is 1. The zero-order valence-electron chi connectivity index (χ0n) is 10.4. The molecule has 0 bridgehead atoms. The Morgan fingerprint density at radius 2 is 2.16 bits per heavy atom. The second-order valence-corrected chi connectivity index (χ2v) is 3.19.